The fourth-order valence-electron chi connectivity index (χ4n) is 1.99. The minimum Gasteiger partial charge on any atom is -0.356 e. The SMILES string of the molecule is CCCCCNC(=O)CCN(c1ccc(F)cc1)S(C)(=O)=O. The van der Waals surface area contributed by atoms with Crippen LogP contribution in [0.2, 0.25) is 0 Å². The van der Waals surface area contributed by atoms with Crippen LogP contribution in [0.15, 0.2) is 24.3 Å². The summed E-state index contributed by atoms with van der Waals surface area (Å²) in [7, 11) is -3.52. The zero-order valence-electron chi connectivity index (χ0n) is 13.0. The van der Waals surface area contributed by atoms with Crippen LogP contribution in [0.5, 0.6) is 0 Å². The molecular weight excluding hydrogens is 307 g/mol. The van der Waals surface area contributed by atoms with Crippen molar-refractivity contribution in [3.05, 3.63) is 30.1 Å². The van der Waals surface area contributed by atoms with Gasteiger partial charge in [-0.1, -0.05) is 19.8 Å². The van der Waals surface area contributed by atoms with E-state index in [-0.39, 0.29) is 18.9 Å². The Morgan fingerprint density at radius 2 is 1.86 bits per heavy atom. The molecule has 0 aliphatic carbocycles. The summed E-state index contributed by atoms with van der Waals surface area (Å²) >= 11 is 0. The van der Waals surface area contributed by atoms with Gasteiger partial charge in [-0.25, -0.2) is 12.8 Å². The molecule has 0 aromatic heterocycles. The monoisotopic (exact) mass is 330 g/mol. The van der Waals surface area contributed by atoms with E-state index in [2.05, 4.69) is 12.2 Å². The average molecular weight is 330 g/mol. The van der Waals surface area contributed by atoms with Crippen molar-refractivity contribution in [2.45, 2.75) is 32.6 Å². The molecule has 0 fully saturated rings. The second kappa shape index (κ2) is 8.73. The van der Waals surface area contributed by atoms with E-state index in [1.165, 1.54) is 24.3 Å². The lowest BCUT2D eigenvalue weighted by Crippen LogP contribution is -2.34. The molecule has 0 bridgehead atoms. The molecule has 7 heteroatoms. The number of nitrogens with zero attached hydrogens (tertiary/aromatic N) is 1. The smallest absolute Gasteiger partial charge is 0.232 e. The number of halogens is 1. The summed E-state index contributed by atoms with van der Waals surface area (Å²) in [6.45, 7) is 2.71. The number of amides is 1. The van der Waals surface area contributed by atoms with Crippen LogP contribution in [-0.4, -0.2) is 33.7 Å². The molecular formula is C15H23FN2O3S. The topological polar surface area (TPSA) is 66.5 Å². The average Bonchev–Trinajstić information content (AvgIpc) is 2.44. The molecule has 0 atom stereocenters. The van der Waals surface area contributed by atoms with Gasteiger partial charge in [-0.05, 0) is 30.7 Å². The fraction of sp³-hybridized carbons (Fsp3) is 0.533. The van der Waals surface area contributed by atoms with Gasteiger partial charge in [0.25, 0.3) is 0 Å². The highest BCUT2D eigenvalue weighted by atomic mass is 32.2. The first-order chi connectivity index (χ1) is 10.3. The molecule has 1 aromatic carbocycles. The molecule has 22 heavy (non-hydrogen) atoms. The lowest BCUT2D eigenvalue weighted by molar-refractivity contribution is -0.120. The zero-order chi connectivity index (χ0) is 16.6. The third kappa shape index (κ3) is 6.43. The molecule has 5 nitrogen and oxygen atoms in total. The van der Waals surface area contributed by atoms with Gasteiger partial charge in [0, 0.05) is 19.5 Å². The lowest BCUT2D eigenvalue weighted by Gasteiger charge is -2.22. The molecule has 0 spiro atoms. The van der Waals surface area contributed by atoms with Gasteiger partial charge >= 0.3 is 0 Å². The molecule has 0 heterocycles. The second-order valence-corrected chi connectivity index (χ2v) is 7.03. The molecule has 0 saturated carbocycles. The lowest BCUT2D eigenvalue weighted by atomic mass is 10.2. The van der Waals surface area contributed by atoms with Crippen LogP contribution < -0.4 is 9.62 Å². The first kappa shape index (κ1) is 18.4. The Morgan fingerprint density at radius 1 is 1.23 bits per heavy atom. The number of benzene rings is 1. The Labute approximate surface area is 131 Å². The van der Waals surface area contributed by atoms with E-state index in [1.54, 1.807) is 0 Å². The summed E-state index contributed by atoms with van der Waals surface area (Å²) in [5.41, 5.74) is 0.350. The van der Waals surface area contributed by atoms with Crippen LogP contribution in [0.3, 0.4) is 0 Å². The predicted molar refractivity (Wildman–Crippen MR) is 85.7 cm³/mol. The first-order valence-corrected chi connectivity index (χ1v) is 9.19. The van der Waals surface area contributed by atoms with Crippen molar-refractivity contribution in [3.63, 3.8) is 0 Å². The van der Waals surface area contributed by atoms with Crippen LogP contribution in [0.1, 0.15) is 32.6 Å². The summed E-state index contributed by atoms with van der Waals surface area (Å²) in [6.07, 6.45) is 4.16. The molecule has 1 aromatic rings. The quantitative estimate of drug-likeness (QED) is 0.707. The van der Waals surface area contributed by atoms with Crippen molar-refractivity contribution in [3.8, 4) is 0 Å². The Kier molecular flexibility index (Phi) is 7.31. The maximum absolute atomic E-state index is 12.9. The van der Waals surface area contributed by atoms with E-state index < -0.39 is 15.8 Å². The van der Waals surface area contributed by atoms with Gasteiger partial charge in [0.15, 0.2) is 0 Å². The number of rotatable bonds is 9. The van der Waals surface area contributed by atoms with Crippen molar-refractivity contribution >= 4 is 21.6 Å². The Hall–Kier alpha value is -1.63. The third-order valence-corrected chi connectivity index (χ3v) is 4.35. The van der Waals surface area contributed by atoms with E-state index in [4.69, 9.17) is 0 Å². The molecule has 1 amide bonds. The van der Waals surface area contributed by atoms with Crippen molar-refractivity contribution in [1.82, 2.24) is 5.32 Å². The predicted octanol–water partition coefficient (Wildman–Crippen LogP) is 2.29. The standard InChI is InChI=1S/C15H23FN2O3S/c1-3-4-5-11-17-15(19)10-12-18(22(2,20)21)14-8-6-13(16)7-9-14/h6-9H,3-5,10-12H2,1-2H3,(H,17,19). The second-order valence-electron chi connectivity index (χ2n) is 5.12. The van der Waals surface area contributed by atoms with Crippen LogP contribution in [0.25, 0.3) is 0 Å². The number of hydrogen-bond acceptors (Lipinski definition) is 3. The van der Waals surface area contributed by atoms with Gasteiger partial charge in [0.1, 0.15) is 5.82 Å². The number of anilines is 1. The largest absolute Gasteiger partial charge is 0.356 e. The summed E-state index contributed by atoms with van der Waals surface area (Å²) in [5.74, 6) is -0.627. The molecule has 0 unspecified atom stereocenters. The van der Waals surface area contributed by atoms with Crippen LogP contribution >= 0.6 is 0 Å². The third-order valence-electron chi connectivity index (χ3n) is 3.16. The normalized spacial score (nSPS) is 11.2. The molecule has 124 valence electrons. The summed E-state index contributed by atoms with van der Waals surface area (Å²) in [6, 6.07) is 5.15. The fourth-order valence-corrected chi connectivity index (χ4v) is 2.92. The Bertz CT molecular complexity index is 573. The van der Waals surface area contributed by atoms with Gasteiger partial charge < -0.3 is 5.32 Å². The highest BCUT2D eigenvalue weighted by molar-refractivity contribution is 7.92. The minimum absolute atomic E-state index is 0.0318. The van der Waals surface area contributed by atoms with Crippen LogP contribution in [-0.2, 0) is 14.8 Å². The number of hydrogen-bond donors (Lipinski definition) is 1. The van der Waals surface area contributed by atoms with Crippen molar-refractivity contribution < 1.29 is 17.6 Å². The van der Waals surface area contributed by atoms with Crippen LogP contribution in [0.4, 0.5) is 10.1 Å². The van der Waals surface area contributed by atoms with Gasteiger partial charge in [-0.2, -0.15) is 0 Å². The molecule has 1 rings (SSSR count). The highest BCUT2D eigenvalue weighted by Crippen LogP contribution is 2.18. The van der Waals surface area contributed by atoms with Gasteiger partial charge in [0.2, 0.25) is 15.9 Å². The molecule has 0 aliphatic heterocycles. The van der Waals surface area contributed by atoms with E-state index in [9.17, 15) is 17.6 Å². The van der Waals surface area contributed by atoms with E-state index >= 15 is 0 Å². The highest BCUT2D eigenvalue weighted by Gasteiger charge is 2.18. The molecule has 0 saturated heterocycles. The minimum atomic E-state index is -3.52. The number of carbonyl (C=O) groups is 1. The number of nitrogens with one attached hydrogen (secondary N) is 1. The van der Waals surface area contributed by atoms with Gasteiger partial charge in [-0.3, -0.25) is 9.10 Å². The summed E-state index contributed by atoms with van der Waals surface area (Å²) < 4.78 is 37.7. The van der Waals surface area contributed by atoms with Gasteiger partial charge in [-0.15, -0.1) is 0 Å². The van der Waals surface area contributed by atoms with E-state index in [1.807, 2.05) is 0 Å². The number of unbranched alkanes of at least 4 members (excludes halogenated alkanes) is 2. The number of carbonyl (C=O) groups excluding carboxylic acids is 1. The first-order valence-electron chi connectivity index (χ1n) is 7.34. The molecule has 0 aliphatic rings. The zero-order valence-corrected chi connectivity index (χ0v) is 13.8. The van der Waals surface area contributed by atoms with Crippen molar-refractivity contribution in [1.29, 1.82) is 0 Å². The van der Waals surface area contributed by atoms with Crippen LogP contribution in [0, 0.1) is 5.82 Å². The Balaban J connectivity index is 2.60. The van der Waals surface area contributed by atoms with E-state index in [0.717, 1.165) is 29.8 Å². The summed E-state index contributed by atoms with van der Waals surface area (Å²) in [5, 5.41) is 2.76. The van der Waals surface area contributed by atoms with Crippen molar-refractivity contribution in [2.75, 3.05) is 23.7 Å². The van der Waals surface area contributed by atoms with Gasteiger partial charge in [0.05, 0.1) is 11.9 Å². The maximum Gasteiger partial charge on any atom is 0.232 e. The Morgan fingerprint density at radius 3 is 2.41 bits per heavy atom. The van der Waals surface area contributed by atoms with E-state index in [0.29, 0.717) is 12.2 Å². The number of sulfonamides is 1. The summed E-state index contributed by atoms with van der Waals surface area (Å²) in [4.78, 5) is 11.7. The van der Waals surface area contributed by atoms with Crippen molar-refractivity contribution in [2.24, 2.45) is 0 Å². The molecule has 1 N–H and O–H groups in total. The maximum atomic E-state index is 12.9. The molecule has 0 radical (unpaired) electrons.